The van der Waals surface area contributed by atoms with E-state index in [0.29, 0.717) is 11.3 Å². The maximum Gasteiger partial charge on any atom is 0.339 e. The van der Waals surface area contributed by atoms with Gasteiger partial charge in [-0.15, -0.1) is 10.2 Å². The highest BCUT2D eigenvalue weighted by molar-refractivity contribution is 6.11. The van der Waals surface area contributed by atoms with E-state index in [1.807, 2.05) is 18.2 Å². The molecule has 0 fully saturated rings. The SMILES string of the molecule is CN(C(=O)c1ccccc1C(=O)OCc1nnc(-c2ccc([N+](=O)[O-])cc2)o1)c1ccccc1. The summed E-state index contributed by atoms with van der Waals surface area (Å²) in [6.07, 6.45) is 0. The summed E-state index contributed by atoms with van der Waals surface area (Å²) in [5, 5.41) is 18.5. The van der Waals surface area contributed by atoms with Gasteiger partial charge in [0.1, 0.15) is 0 Å². The molecule has 0 aliphatic heterocycles. The van der Waals surface area contributed by atoms with Crippen LogP contribution in [-0.4, -0.2) is 34.0 Å². The number of esters is 1. The number of hydrogen-bond acceptors (Lipinski definition) is 8. The molecule has 0 saturated heterocycles. The fourth-order valence-corrected chi connectivity index (χ4v) is 3.16. The molecule has 0 radical (unpaired) electrons. The number of amides is 1. The summed E-state index contributed by atoms with van der Waals surface area (Å²) in [6, 6.07) is 21.0. The number of rotatable bonds is 7. The number of benzene rings is 3. The molecule has 0 N–H and O–H groups in total. The summed E-state index contributed by atoms with van der Waals surface area (Å²) in [5.41, 5.74) is 1.39. The molecular weight excluding hydrogens is 440 g/mol. The van der Waals surface area contributed by atoms with E-state index in [0.717, 1.165) is 0 Å². The van der Waals surface area contributed by atoms with Crippen LogP contribution >= 0.6 is 0 Å². The van der Waals surface area contributed by atoms with Gasteiger partial charge in [0.05, 0.1) is 16.1 Å². The van der Waals surface area contributed by atoms with Gasteiger partial charge < -0.3 is 14.1 Å². The van der Waals surface area contributed by atoms with Crippen LogP contribution in [0.1, 0.15) is 26.6 Å². The molecule has 10 heteroatoms. The van der Waals surface area contributed by atoms with Gasteiger partial charge in [0.15, 0.2) is 6.61 Å². The van der Waals surface area contributed by atoms with Crippen molar-refractivity contribution in [2.75, 3.05) is 11.9 Å². The summed E-state index contributed by atoms with van der Waals surface area (Å²) >= 11 is 0. The van der Waals surface area contributed by atoms with Crippen molar-refractivity contribution in [3.8, 4) is 11.5 Å². The van der Waals surface area contributed by atoms with Crippen LogP contribution in [0, 0.1) is 10.1 Å². The quantitative estimate of drug-likeness (QED) is 0.228. The molecule has 0 spiro atoms. The van der Waals surface area contributed by atoms with Gasteiger partial charge in [0.2, 0.25) is 5.89 Å². The number of nitrogens with zero attached hydrogens (tertiary/aromatic N) is 4. The molecule has 10 nitrogen and oxygen atoms in total. The fraction of sp³-hybridized carbons (Fsp3) is 0.0833. The highest BCUT2D eigenvalue weighted by Crippen LogP contribution is 2.22. The Labute approximate surface area is 193 Å². The maximum absolute atomic E-state index is 13.0. The molecule has 0 atom stereocenters. The van der Waals surface area contributed by atoms with Gasteiger partial charge in [-0.1, -0.05) is 30.3 Å². The molecular formula is C24H18N4O6. The first-order valence-corrected chi connectivity index (χ1v) is 10.1. The molecule has 3 aromatic carbocycles. The highest BCUT2D eigenvalue weighted by Gasteiger charge is 2.22. The minimum Gasteiger partial charge on any atom is -0.452 e. The molecule has 0 aliphatic rings. The Hall–Kier alpha value is -4.86. The zero-order valence-electron chi connectivity index (χ0n) is 18.0. The van der Waals surface area contributed by atoms with Crippen LogP contribution < -0.4 is 4.90 Å². The summed E-state index contributed by atoms with van der Waals surface area (Å²) in [4.78, 5) is 37.4. The molecule has 0 unspecified atom stereocenters. The van der Waals surface area contributed by atoms with E-state index in [1.54, 1.807) is 37.4 Å². The molecule has 4 aromatic rings. The maximum atomic E-state index is 13.0. The lowest BCUT2D eigenvalue weighted by atomic mass is 10.1. The summed E-state index contributed by atoms with van der Waals surface area (Å²) in [6.45, 7) is -0.310. The average molecular weight is 458 g/mol. The number of carbonyl (C=O) groups is 2. The topological polar surface area (TPSA) is 129 Å². The average Bonchev–Trinajstić information content (AvgIpc) is 3.36. The van der Waals surface area contributed by atoms with Crippen LogP contribution in [0.5, 0.6) is 0 Å². The third-order valence-corrected chi connectivity index (χ3v) is 4.94. The largest absolute Gasteiger partial charge is 0.452 e. The molecule has 1 aromatic heterocycles. The second-order valence-electron chi connectivity index (χ2n) is 7.13. The Balaban J connectivity index is 1.45. The van der Waals surface area contributed by atoms with Crippen LogP contribution in [-0.2, 0) is 11.3 Å². The second kappa shape index (κ2) is 9.74. The summed E-state index contributed by atoms with van der Waals surface area (Å²) in [7, 11) is 1.62. The van der Waals surface area contributed by atoms with Crippen LogP contribution in [0.15, 0.2) is 83.3 Å². The lowest BCUT2D eigenvalue weighted by Gasteiger charge is -2.18. The molecule has 0 bridgehead atoms. The van der Waals surface area contributed by atoms with Gasteiger partial charge in [-0.25, -0.2) is 4.79 Å². The van der Waals surface area contributed by atoms with Gasteiger partial charge in [-0.3, -0.25) is 14.9 Å². The van der Waals surface area contributed by atoms with Crippen molar-refractivity contribution < 1.29 is 23.7 Å². The van der Waals surface area contributed by atoms with E-state index < -0.39 is 10.9 Å². The fourth-order valence-electron chi connectivity index (χ4n) is 3.16. The van der Waals surface area contributed by atoms with Crippen molar-refractivity contribution >= 4 is 23.3 Å². The summed E-state index contributed by atoms with van der Waals surface area (Å²) < 4.78 is 10.8. The Morgan fingerprint density at radius 1 is 0.941 bits per heavy atom. The van der Waals surface area contributed by atoms with Crippen molar-refractivity contribution in [3.63, 3.8) is 0 Å². The predicted molar refractivity (Wildman–Crippen MR) is 121 cm³/mol. The minimum atomic E-state index is -0.722. The standard InChI is InChI=1S/C24H18N4O6/c1-27(17-7-3-2-4-8-17)23(29)19-9-5-6-10-20(19)24(30)33-15-21-25-26-22(34-21)16-11-13-18(14-12-16)28(31)32/h2-14H,15H2,1H3. The van der Waals surface area contributed by atoms with Crippen molar-refractivity contribution in [2.45, 2.75) is 6.61 Å². The molecule has 0 saturated carbocycles. The van der Waals surface area contributed by atoms with Crippen LogP contribution in [0.2, 0.25) is 0 Å². The molecule has 4 rings (SSSR count). The first-order valence-electron chi connectivity index (χ1n) is 10.1. The number of carbonyl (C=O) groups excluding carboxylic acids is 2. The number of aromatic nitrogens is 2. The van der Waals surface area contributed by atoms with Gasteiger partial charge in [0, 0.05) is 30.4 Å². The van der Waals surface area contributed by atoms with Crippen molar-refractivity contribution in [1.29, 1.82) is 0 Å². The molecule has 1 amide bonds. The van der Waals surface area contributed by atoms with Crippen LogP contribution in [0.3, 0.4) is 0 Å². The number of para-hydroxylation sites is 1. The van der Waals surface area contributed by atoms with Gasteiger partial charge >= 0.3 is 5.97 Å². The Bertz CT molecular complexity index is 1340. The van der Waals surface area contributed by atoms with E-state index >= 15 is 0 Å². The van der Waals surface area contributed by atoms with Crippen LogP contribution in [0.4, 0.5) is 11.4 Å². The van der Waals surface area contributed by atoms with E-state index in [1.165, 1.54) is 35.2 Å². The Kier molecular flexibility index (Phi) is 6.40. The predicted octanol–water partition coefficient (Wildman–Crippen LogP) is 4.28. The van der Waals surface area contributed by atoms with E-state index in [-0.39, 0.29) is 41.1 Å². The third-order valence-electron chi connectivity index (χ3n) is 4.94. The zero-order valence-corrected chi connectivity index (χ0v) is 18.0. The number of non-ortho nitro benzene ring substituents is 1. The van der Waals surface area contributed by atoms with E-state index in [9.17, 15) is 19.7 Å². The number of nitro benzene ring substituents is 1. The molecule has 34 heavy (non-hydrogen) atoms. The third kappa shape index (κ3) is 4.80. The number of ether oxygens (including phenoxy) is 1. The molecule has 170 valence electrons. The lowest BCUT2D eigenvalue weighted by molar-refractivity contribution is -0.384. The van der Waals surface area contributed by atoms with Crippen molar-refractivity contribution in [2.24, 2.45) is 0 Å². The van der Waals surface area contributed by atoms with E-state index in [2.05, 4.69) is 10.2 Å². The Morgan fingerprint density at radius 3 is 2.26 bits per heavy atom. The number of nitro groups is 1. The zero-order chi connectivity index (χ0) is 24.1. The lowest BCUT2D eigenvalue weighted by Crippen LogP contribution is -2.28. The highest BCUT2D eigenvalue weighted by atomic mass is 16.6. The van der Waals surface area contributed by atoms with Crippen molar-refractivity contribution in [3.05, 3.63) is 106 Å². The minimum absolute atomic E-state index is 0.0342. The molecule has 1 heterocycles. The van der Waals surface area contributed by atoms with E-state index in [4.69, 9.17) is 9.15 Å². The van der Waals surface area contributed by atoms with Gasteiger partial charge in [-0.2, -0.15) is 0 Å². The smallest absolute Gasteiger partial charge is 0.339 e. The first-order chi connectivity index (χ1) is 16.4. The summed E-state index contributed by atoms with van der Waals surface area (Å²) in [5.74, 6) is -0.926. The number of anilines is 1. The van der Waals surface area contributed by atoms with Crippen molar-refractivity contribution in [1.82, 2.24) is 10.2 Å². The number of hydrogen-bond donors (Lipinski definition) is 0. The normalized spacial score (nSPS) is 10.5. The van der Waals surface area contributed by atoms with Gasteiger partial charge in [-0.05, 0) is 36.4 Å². The first kappa shape index (κ1) is 22.3. The second-order valence-corrected chi connectivity index (χ2v) is 7.13. The van der Waals surface area contributed by atoms with Gasteiger partial charge in [0.25, 0.3) is 17.5 Å². The Morgan fingerprint density at radius 2 is 1.59 bits per heavy atom. The monoisotopic (exact) mass is 458 g/mol. The van der Waals surface area contributed by atoms with Crippen LogP contribution in [0.25, 0.3) is 11.5 Å². The molecule has 0 aliphatic carbocycles.